The van der Waals surface area contributed by atoms with Gasteiger partial charge in [-0.3, -0.25) is 15.6 Å². The number of anilines is 2. The van der Waals surface area contributed by atoms with E-state index in [1.807, 2.05) is 0 Å². The topological polar surface area (TPSA) is 80.0 Å². The van der Waals surface area contributed by atoms with Crippen LogP contribution >= 0.6 is 0 Å². The van der Waals surface area contributed by atoms with Crippen LogP contribution in [-0.2, 0) is 0 Å². The van der Waals surface area contributed by atoms with Gasteiger partial charge in [0, 0.05) is 24.5 Å². The van der Waals surface area contributed by atoms with E-state index in [2.05, 4.69) is 15.7 Å². The summed E-state index contributed by atoms with van der Waals surface area (Å²) in [6, 6.07) is 2.32. The number of hydrazine groups is 1. The average molecular weight is 282 g/mol. The molecule has 1 aromatic carbocycles. The summed E-state index contributed by atoms with van der Waals surface area (Å²) in [6.07, 6.45) is 2.59. The second-order valence-electron chi connectivity index (χ2n) is 3.77. The Labute approximate surface area is 111 Å². The molecule has 0 saturated carbocycles. The Bertz CT molecular complexity index is 663. The Morgan fingerprint density at radius 2 is 1.80 bits per heavy atom. The lowest BCUT2D eigenvalue weighted by Crippen LogP contribution is -2.18. The second kappa shape index (κ2) is 5.57. The van der Waals surface area contributed by atoms with E-state index in [-0.39, 0.29) is 11.3 Å². The van der Waals surface area contributed by atoms with Crippen LogP contribution in [0.1, 0.15) is 10.4 Å². The predicted octanol–water partition coefficient (Wildman–Crippen LogP) is 2.04. The highest BCUT2D eigenvalue weighted by atomic mass is 19.2. The zero-order valence-electron chi connectivity index (χ0n) is 9.95. The average Bonchev–Trinajstić information content (AvgIpc) is 2.44. The number of amides is 1. The number of hydrogen-bond donors (Lipinski definition) is 3. The maximum absolute atomic E-state index is 13.4. The SMILES string of the molecule is NNc1ccncc1C(=O)Nc1cc(F)c(F)cc1F. The number of nitrogens with two attached hydrogens (primary N) is 1. The third-order valence-electron chi connectivity index (χ3n) is 2.48. The molecule has 1 aromatic heterocycles. The molecule has 8 heteroatoms. The van der Waals surface area contributed by atoms with Gasteiger partial charge in [-0.1, -0.05) is 0 Å². The van der Waals surface area contributed by atoms with Gasteiger partial charge < -0.3 is 10.7 Å². The zero-order valence-corrected chi connectivity index (χ0v) is 9.95. The van der Waals surface area contributed by atoms with Crippen LogP contribution in [0.5, 0.6) is 0 Å². The minimum absolute atomic E-state index is 0.0270. The van der Waals surface area contributed by atoms with Crippen LogP contribution in [-0.4, -0.2) is 10.9 Å². The molecule has 104 valence electrons. The van der Waals surface area contributed by atoms with Crippen LogP contribution in [0.2, 0.25) is 0 Å². The van der Waals surface area contributed by atoms with Crippen molar-refractivity contribution >= 4 is 17.3 Å². The molecule has 1 amide bonds. The van der Waals surface area contributed by atoms with Crippen molar-refractivity contribution < 1.29 is 18.0 Å². The van der Waals surface area contributed by atoms with E-state index in [0.717, 1.165) is 0 Å². The maximum atomic E-state index is 13.4. The molecule has 4 N–H and O–H groups in total. The largest absolute Gasteiger partial charge is 0.323 e. The predicted molar refractivity (Wildman–Crippen MR) is 66.3 cm³/mol. The smallest absolute Gasteiger partial charge is 0.259 e. The number of nitrogens with one attached hydrogen (secondary N) is 2. The molecule has 2 rings (SSSR count). The number of carbonyl (C=O) groups excluding carboxylic acids is 1. The van der Waals surface area contributed by atoms with Gasteiger partial charge in [0.1, 0.15) is 5.82 Å². The number of carbonyl (C=O) groups is 1. The first-order valence-corrected chi connectivity index (χ1v) is 5.39. The number of nitrogen functional groups attached to an aromatic ring is 1. The molecule has 0 aliphatic carbocycles. The van der Waals surface area contributed by atoms with E-state index >= 15 is 0 Å². The molecule has 0 bridgehead atoms. The third kappa shape index (κ3) is 2.69. The number of halogens is 3. The van der Waals surface area contributed by atoms with Gasteiger partial charge in [0.05, 0.1) is 16.9 Å². The van der Waals surface area contributed by atoms with E-state index < -0.39 is 29.0 Å². The third-order valence-corrected chi connectivity index (χ3v) is 2.48. The summed E-state index contributed by atoms with van der Waals surface area (Å²) in [5.41, 5.74) is 2.06. The first-order chi connectivity index (χ1) is 9.52. The molecule has 0 atom stereocenters. The molecule has 0 radical (unpaired) electrons. The van der Waals surface area contributed by atoms with Crippen LogP contribution < -0.4 is 16.6 Å². The molecule has 0 aliphatic rings. The standard InChI is InChI=1S/C12H9F3N4O/c13-7-3-9(15)11(4-8(7)14)18-12(20)6-5-17-2-1-10(6)19-16/h1-5H,16H2,(H,17,19)(H,18,20). The first-order valence-electron chi connectivity index (χ1n) is 5.39. The molecule has 0 unspecified atom stereocenters. The molecule has 0 aliphatic heterocycles. The van der Waals surface area contributed by atoms with Crippen LogP contribution in [0.15, 0.2) is 30.6 Å². The summed E-state index contributed by atoms with van der Waals surface area (Å²) < 4.78 is 39.2. The van der Waals surface area contributed by atoms with Crippen molar-refractivity contribution in [2.45, 2.75) is 0 Å². The van der Waals surface area contributed by atoms with Crippen LogP contribution in [0.3, 0.4) is 0 Å². The number of nitrogens with zero attached hydrogens (tertiary/aromatic N) is 1. The van der Waals surface area contributed by atoms with Crippen molar-refractivity contribution in [1.29, 1.82) is 0 Å². The summed E-state index contributed by atoms with van der Waals surface area (Å²) in [6.45, 7) is 0. The summed E-state index contributed by atoms with van der Waals surface area (Å²) in [5, 5.41) is 2.11. The Hall–Kier alpha value is -2.61. The molecular formula is C12H9F3N4O. The number of benzene rings is 1. The van der Waals surface area contributed by atoms with Gasteiger partial charge in [0.25, 0.3) is 5.91 Å². The molecule has 20 heavy (non-hydrogen) atoms. The fraction of sp³-hybridized carbons (Fsp3) is 0. The minimum Gasteiger partial charge on any atom is -0.323 e. The molecule has 0 fully saturated rings. The van der Waals surface area contributed by atoms with E-state index in [1.165, 1.54) is 18.5 Å². The lowest BCUT2D eigenvalue weighted by atomic mass is 10.2. The van der Waals surface area contributed by atoms with Gasteiger partial charge in [-0.15, -0.1) is 0 Å². The van der Waals surface area contributed by atoms with Crippen LogP contribution in [0.25, 0.3) is 0 Å². The van der Waals surface area contributed by atoms with E-state index in [0.29, 0.717) is 12.1 Å². The molecule has 5 nitrogen and oxygen atoms in total. The summed E-state index contributed by atoms with van der Waals surface area (Å²) in [7, 11) is 0. The lowest BCUT2D eigenvalue weighted by Gasteiger charge is -2.10. The minimum atomic E-state index is -1.34. The number of aromatic nitrogens is 1. The second-order valence-corrected chi connectivity index (χ2v) is 3.77. The Kier molecular flexibility index (Phi) is 3.85. The first kappa shape index (κ1) is 13.8. The highest BCUT2D eigenvalue weighted by molar-refractivity contribution is 6.07. The van der Waals surface area contributed by atoms with Crippen LogP contribution in [0.4, 0.5) is 24.5 Å². The van der Waals surface area contributed by atoms with E-state index in [9.17, 15) is 18.0 Å². The number of pyridine rings is 1. The van der Waals surface area contributed by atoms with Gasteiger partial charge in [-0.2, -0.15) is 0 Å². The van der Waals surface area contributed by atoms with Crippen molar-refractivity contribution in [2.24, 2.45) is 5.84 Å². The van der Waals surface area contributed by atoms with Gasteiger partial charge in [0.15, 0.2) is 11.6 Å². The highest BCUT2D eigenvalue weighted by Gasteiger charge is 2.15. The quantitative estimate of drug-likeness (QED) is 0.457. The van der Waals surface area contributed by atoms with Crippen molar-refractivity contribution in [2.75, 3.05) is 10.7 Å². The van der Waals surface area contributed by atoms with Crippen molar-refractivity contribution in [1.82, 2.24) is 4.98 Å². The van der Waals surface area contributed by atoms with Gasteiger partial charge in [-0.25, -0.2) is 13.2 Å². The molecular weight excluding hydrogens is 273 g/mol. The fourth-order valence-corrected chi connectivity index (χ4v) is 1.51. The molecule has 1 heterocycles. The molecule has 0 spiro atoms. The lowest BCUT2D eigenvalue weighted by molar-refractivity contribution is 0.102. The summed E-state index contributed by atoms with van der Waals surface area (Å²) in [4.78, 5) is 15.6. The monoisotopic (exact) mass is 282 g/mol. The van der Waals surface area contributed by atoms with Gasteiger partial charge in [0.2, 0.25) is 0 Å². The van der Waals surface area contributed by atoms with Gasteiger partial charge in [-0.05, 0) is 6.07 Å². The zero-order chi connectivity index (χ0) is 14.7. The molecule has 0 saturated heterocycles. The maximum Gasteiger partial charge on any atom is 0.259 e. The van der Waals surface area contributed by atoms with Crippen molar-refractivity contribution in [3.05, 3.63) is 53.6 Å². The number of hydrogen-bond acceptors (Lipinski definition) is 4. The number of rotatable bonds is 3. The highest BCUT2D eigenvalue weighted by Crippen LogP contribution is 2.20. The normalized spacial score (nSPS) is 10.2. The molecule has 2 aromatic rings. The fourth-order valence-electron chi connectivity index (χ4n) is 1.51. The Morgan fingerprint density at radius 1 is 1.10 bits per heavy atom. The Balaban J connectivity index is 2.30. The summed E-state index contributed by atoms with van der Waals surface area (Å²) >= 11 is 0. The van der Waals surface area contributed by atoms with Gasteiger partial charge >= 0.3 is 0 Å². The van der Waals surface area contributed by atoms with Crippen molar-refractivity contribution in [3.8, 4) is 0 Å². The Morgan fingerprint density at radius 3 is 2.50 bits per heavy atom. The van der Waals surface area contributed by atoms with E-state index in [4.69, 9.17) is 5.84 Å². The van der Waals surface area contributed by atoms with E-state index in [1.54, 1.807) is 0 Å². The summed E-state index contributed by atoms with van der Waals surface area (Å²) in [5.74, 6) is 0.738. The van der Waals surface area contributed by atoms with Crippen LogP contribution in [0, 0.1) is 17.5 Å². The van der Waals surface area contributed by atoms with Crippen molar-refractivity contribution in [3.63, 3.8) is 0 Å².